The van der Waals surface area contributed by atoms with E-state index in [1.807, 2.05) is 24.6 Å². The first-order valence-corrected chi connectivity index (χ1v) is 6.84. The second-order valence-electron chi connectivity index (χ2n) is 3.74. The maximum absolute atomic E-state index is 5.59. The molecule has 17 heavy (non-hydrogen) atoms. The number of nitrogens with zero attached hydrogens (tertiary/aromatic N) is 2. The van der Waals surface area contributed by atoms with E-state index in [0.717, 1.165) is 27.2 Å². The fourth-order valence-electron chi connectivity index (χ4n) is 1.56. The molecule has 4 nitrogen and oxygen atoms in total. The Bertz CT molecular complexity index is 500. The van der Waals surface area contributed by atoms with Crippen molar-refractivity contribution in [2.45, 2.75) is 19.4 Å². The number of aromatic nitrogens is 2. The van der Waals surface area contributed by atoms with Crippen LogP contribution in [0.2, 0.25) is 0 Å². The number of halogens is 1. The van der Waals surface area contributed by atoms with Crippen LogP contribution in [0, 0.1) is 6.92 Å². The van der Waals surface area contributed by atoms with Crippen LogP contribution in [-0.2, 0) is 6.42 Å². The van der Waals surface area contributed by atoms with Crippen LogP contribution in [0.15, 0.2) is 28.3 Å². The molecule has 2 heterocycles. The highest BCUT2D eigenvalue weighted by Gasteiger charge is 2.13. The zero-order valence-corrected chi connectivity index (χ0v) is 11.8. The molecule has 90 valence electrons. The summed E-state index contributed by atoms with van der Waals surface area (Å²) in [6, 6.07) is 2.04. The van der Waals surface area contributed by atoms with E-state index in [1.165, 1.54) is 0 Å². The molecule has 0 bridgehead atoms. The molecule has 0 aliphatic rings. The summed E-state index contributed by atoms with van der Waals surface area (Å²) in [5.41, 5.74) is 4.91. The molecule has 6 heteroatoms. The third-order valence-corrected chi connectivity index (χ3v) is 3.80. The van der Waals surface area contributed by atoms with Gasteiger partial charge >= 0.3 is 0 Å². The molecule has 0 amide bonds. The molecule has 0 aliphatic heterocycles. The predicted molar refractivity (Wildman–Crippen MR) is 72.6 cm³/mol. The SMILES string of the molecule is Cc1csc(CC(NN)c2cncc(Br)c2)n1. The highest BCUT2D eigenvalue weighted by atomic mass is 79.9. The minimum atomic E-state index is 0.0329. The van der Waals surface area contributed by atoms with Crippen molar-refractivity contribution in [3.63, 3.8) is 0 Å². The standard InChI is InChI=1S/C11H13BrN4S/c1-7-6-17-11(15-7)3-10(16-13)8-2-9(12)5-14-4-8/h2,4-6,10,16H,3,13H2,1H3. The molecule has 2 rings (SSSR count). The first-order chi connectivity index (χ1) is 8.19. The van der Waals surface area contributed by atoms with Gasteiger partial charge in [0, 0.05) is 34.4 Å². The molecule has 0 aromatic carbocycles. The summed E-state index contributed by atoms with van der Waals surface area (Å²) in [6.07, 6.45) is 4.34. The third kappa shape index (κ3) is 3.32. The summed E-state index contributed by atoms with van der Waals surface area (Å²) in [7, 11) is 0. The quantitative estimate of drug-likeness (QED) is 0.672. The van der Waals surface area contributed by atoms with Crippen LogP contribution >= 0.6 is 27.3 Å². The van der Waals surface area contributed by atoms with E-state index < -0.39 is 0 Å². The number of thiazole rings is 1. The Morgan fingerprint density at radius 2 is 2.35 bits per heavy atom. The van der Waals surface area contributed by atoms with E-state index in [4.69, 9.17) is 5.84 Å². The van der Waals surface area contributed by atoms with E-state index in [2.05, 4.69) is 31.3 Å². The Kier molecular flexibility index (Phi) is 4.22. The van der Waals surface area contributed by atoms with E-state index in [-0.39, 0.29) is 6.04 Å². The molecule has 0 spiro atoms. The van der Waals surface area contributed by atoms with Gasteiger partial charge in [0.25, 0.3) is 0 Å². The molecule has 2 aromatic rings. The molecule has 1 atom stereocenters. The van der Waals surface area contributed by atoms with Crippen LogP contribution in [-0.4, -0.2) is 9.97 Å². The Morgan fingerprint density at radius 3 is 2.94 bits per heavy atom. The van der Waals surface area contributed by atoms with Gasteiger partial charge in [-0.2, -0.15) is 0 Å². The van der Waals surface area contributed by atoms with Gasteiger partial charge in [-0.15, -0.1) is 11.3 Å². The van der Waals surface area contributed by atoms with Gasteiger partial charge in [0.2, 0.25) is 0 Å². The van der Waals surface area contributed by atoms with Gasteiger partial charge in [0.05, 0.1) is 11.0 Å². The van der Waals surface area contributed by atoms with Crippen molar-refractivity contribution >= 4 is 27.3 Å². The predicted octanol–water partition coefficient (Wildman–Crippen LogP) is 2.36. The Balaban J connectivity index is 2.16. The Labute approximate surface area is 112 Å². The molecular weight excluding hydrogens is 300 g/mol. The van der Waals surface area contributed by atoms with E-state index >= 15 is 0 Å². The van der Waals surface area contributed by atoms with Crippen molar-refractivity contribution in [1.29, 1.82) is 0 Å². The van der Waals surface area contributed by atoms with Gasteiger partial charge in [-0.1, -0.05) is 0 Å². The Hall–Kier alpha value is -0.820. The van der Waals surface area contributed by atoms with E-state index in [1.54, 1.807) is 17.5 Å². The van der Waals surface area contributed by atoms with E-state index in [0.29, 0.717) is 0 Å². The molecule has 2 aromatic heterocycles. The fraction of sp³-hybridized carbons (Fsp3) is 0.273. The van der Waals surface area contributed by atoms with Crippen molar-refractivity contribution < 1.29 is 0 Å². The molecule has 1 unspecified atom stereocenters. The summed E-state index contributed by atoms with van der Waals surface area (Å²) in [6.45, 7) is 1.99. The summed E-state index contributed by atoms with van der Waals surface area (Å²) < 4.78 is 0.950. The van der Waals surface area contributed by atoms with Gasteiger partial charge in [-0.05, 0) is 34.5 Å². The van der Waals surface area contributed by atoms with Gasteiger partial charge in [-0.3, -0.25) is 16.3 Å². The van der Waals surface area contributed by atoms with Crippen LogP contribution in [0.3, 0.4) is 0 Å². The van der Waals surface area contributed by atoms with Crippen LogP contribution in [0.5, 0.6) is 0 Å². The van der Waals surface area contributed by atoms with Gasteiger partial charge in [0.1, 0.15) is 0 Å². The number of hydrazine groups is 1. The maximum Gasteiger partial charge on any atom is 0.0947 e. The smallest absolute Gasteiger partial charge is 0.0947 e. The van der Waals surface area contributed by atoms with Crippen molar-refractivity contribution in [2.24, 2.45) is 5.84 Å². The zero-order chi connectivity index (χ0) is 12.3. The fourth-order valence-corrected chi connectivity index (χ4v) is 2.76. The third-order valence-electron chi connectivity index (χ3n) is 2.37. The monoisotopic (exact) mass is 312 g/mol. The summed E-state index contributed by atoms with van der Waals surface area (Å²) >= 11 is 5.06. The first kappa shape index (κ1) is 12.6. The largest absolute Gasteiger partial charge is 0.271 e. The number of pyridine rings is 1. The number of nitrogens with two attached hydrogens (primary N) is 1. The average molecular weight is 313 g/mol. The molecule has 3 N–H and O–H groups in total. The molecule has 0 saturated heterocycles. The zero-order valence-electron chi connectivity index (χ0n) is 9.35. The number of hydrogen-bond donors (Lipinski definition) is 2. The lowest BCUT2D eigenvalue weighted by Gasteiger charge is -2.14. The summed E-state index contributed by atoms with van der Waals surface area (Å²) in [5, 5.41) is 3.12. The maximum atomic E-state index is 5.59. The van der Waals surface area contributed by atoms with Crippen LogP contribution in [0.25, 0.3) is 0 Å². The second-order valence-corrected chi connectivity index (χ2v) is 5.60. The lowest BCUT2D eigenvalue weighted by molar-refractivity contribution is 0.548. The van der Waals surface area contributed by atoms with Crippen molar-refractivity contribution in [2.75, 3.05) is 0 Å². The number of hydrogen-bond acceptors (Lipinski definition) is 5. The first-order valence-electron chi connectivity index (χ1n) is 5.16. The van der Waals surface area contributed by atoms with Gasteiger partial charge in [0.15, 0.2) is 0 Å². The Morgan fingerprint density at radius 1 is 1.53 bits per heavy atom. The van der Waals surface area contributed by atoms with Crippen LogP contribution in [0.4, 0.5) is 0 Å². The molecular formula is C11H13BrN4S. The lowest BCUT2D eigenvalue weighted by atomic mass is 10.1. The normalized spacial score (nSPS) is 12.6. The molecule has 0 radical (unpaired) electrons. The summed E-state index contributed by atoms with van der Waals surface area (Å²) in [4.78, 5) is 8.58. The highest BCUT2D eigenvalue weighted by molar-refractivity contribution is 9.10. The molecule has 0 fully saturated rings. The van der Waals surface area contributed by atoms with E-state index in [9.17, 15) is 0 Å². The summed E-state index contributed by atoms with van der Waals surface area (Å²) in [5.74, 6) is 5.59. The van der Waals surface area contributed by atoms with Crippen molar-refractivity contribution in [3.05, 3.63) is 44.6 Å². The van der Waals surface area contributed by atoms with Gasteiger partial charge < -0.3 is 0 Å². The second kappa shape index (κ2) is 5.68. The van der Waals surface area contributed by atoms with Crippen LogP contribution in [0.1, 0.15) is 22.3 Å². The lowest BCUT2D eigenvalue weighted by Crippen LogP contribution is -2.29. The van der Waals surface area contributed by atoms with Crippen molar-refractivity contribution in [1.82, 2.24) is 15.4 Å². The molecule has 0 saturated carbocycles. The number of rotatable bonds is 4. The number of nitrogens with one attached hydrogen (secondary N) is 1. The highest BCUT2D eigenvalue weighted by Crippen LogP contribution is 2.21. The van der Waals surface area contributed by atoms with Gasteiger partial charge in [-0.25, -0.2) is 4.98 Å². The van der Waals surface area contributed by atoms with Crippen molar-refractivity contribution in [3.8, 4) is 0 Å². The number of aryl methyl sites for hydroxylation is 1. The minimum Gasteiger partial charge on any atom is -0.271 e. The minimum absolute atomic E-state index is 0.0329. The topological polar surface area (TPSA) is 63.8 Å². The van der Waals surface area contributed by atoms with Crippen LogP contribution < -0.4 is 11.3 Å². The molecule has 0 aliphatic carbocycles. The average Bonchev–Trinajstić information content (AvgIpc) is 2.72.